The van der Waals surface area contributed by atoms with Crippen LogP contribution in [-0.2, 0) is 16.4 Å². The molecule has 2 aromatic carbocycles. The van der Waals surface area contributed by atoms with Crippen LogP contribution >= 0.6 is 0 Å². The molecule has 0 saturated heterocycles. The first-order chi connectivity index (χ1) is 9.81. The zero-order valence-electron chi connectivity index (χ0n) is 11.0. The molecule has 0 saturated carbocycles. The molecular formula is C14H12F2O4S. The quantitative estimate of drug-likeness (QED) is 0.942. The molecule has 4 nitrogen and oxygen atoms in total. The largest absolute Gasteiger partial charge is 0.451 e. The van der Waals surface area contributed by atoms with Gasteiger partial charge < -0.3 is 9.84 Å². The van der Waals surface area contributed by atoms with E-state index in [1.165, 1.54) is 24.3 Å². The Morgan fingerprint density at radius 3 is 2.05 bits per heavy atom. The van der Waals surface area contributed by atoms with Crippen molar-refractivity contribution in [3.05, 3.63) is 53.6 Å². The minimum atomic E-state index is -3.35. The molecule has 2 rings (SSSR count). The first kappa shape index (κ1) is 15.4. The Morgan fingerprint density at radius 1 is 1.10 bits per heavy atom. The molecule has 112 valence electrons. The number of hydrogen-bond acceptors (Lipinski definition) is 4. The predicted molar refractivity (Wildman–Crippen MR) is 71.9 cm³/mol. The SMILES string of the molecule is CS(=O)(=O)c1ccc(Oc2c(F)cc(CO)cc2F)cc1. The van der Waals surface area contributed by atoms with Crippen LogP contribution in [0.15, 0.2) is 41.3 Å². The Bertz CT molecular complexity index is 732. The third kappa shape index (κ3) is 3.56. The summed E-state index contributed by atoms with van der Waals surface area (Å²) in [5.74, 6) is -2.42. The Kier molecular flexibility index (Phi) is 4.24. The van der Waals surface area contributed by atoms with E-state index in [0.29, 0.717) is 0 Å². The standard InChI is InChI=1S/C14H12F2O4S/c1-21(18,19)11-4-2-10(3-5-11)20-14-12(15)6-9(8-17)7-13(14)16/h2-7,17H,8H2,1H3. The van der Waals surface area contributed by atoms with Crippen LogP contribution in [0.5, 0.6) is 11.5 Å². The monoisotopic (exact) mass is 314 g/mol. The van der Waals surface area contributed by atoms with Crippen LogP contribution in [0.2, 0.25) is 0 Å². The molecule has 0 aliphatic carbocycles. The highest BCUT2D eigenvalue weighted by Gasteiger charge is 2.14. The van der Waals surface area contributed by atoms with Crippen LogP contribution in [0.4, 0.5) is 8.78 Å². The first-order valence-electron chi connectivity index (χ1n) is 5.88. The number of hydrogen-bond donors (Lipinski definition) is 1. The van der Waals surface area contributed by atoms with Crippen molar-refractivity contribution in [1.82, 2.24) is 0 Å². The Morgan fingerprint density at radius 2 is 1.62 bits per heavy atom. The van der Waals surface area contributed by atoms with Gasteiger partial charge in [-0.25, -0.2) is 17.2 Å². The zero-order chi connectivity index (χ0) is 15.6. The van der Waals surface area contributed by atoms with E-state index in [2.05, 4.69) is 0 Å². The summed E-state index contributed by atoms with van der Waals surface area (Å²) in [6.07, 6.45) is 1.05. The van der Waals surface area contributed by atoms with Crippen molar-refractivity contribution >= 4 is 9.84 Å². The highest BCUT2D eigenvalue weighted by molar-refractivity contribution is 7.90. The maximum atomic E-state index is 13.7. The predicted octanol–water partition coefficient (Wildman–Crippen LogP) is 2.65. The highest BCUT2D eigenvalue weighted by atomic mass is 32.2. The third-order valence-corrected chi connectivity index (χ3v) is 3.84. The van der Waals surface area contributed by atoms with Crippen molar-refractivity contribution in [3.63, 3.8) is 0 Å². The summed E-state index contributed by atoms with van der Waals surface area (Å²) in [7, 11) is -3.35. The van der Waals surface area contributed by atoms with Crippen molar-refractivity contribution < 1.29 is 27.0 Å². The fourth-order valence-electron chi connectivity index (χ4n) is 1.67. The average Bonchev–Trinajstić information content (AvgIpc) is 2.42. The molecular weight excluding hydrogens is 302 g/mol. The summed E-state index contributed by atoms with van der Waals surface area (Å²) < 4.78 is 55.0. The van der Waals surface area contributed by atoms with Gasteiger partial charge >= 0.3 is 0 Å². The van der Waals surface area contributed by atoms with E-state index < -0.39 is 33.8 Å². The van der Waals surface area contributed by atoms with Crippen molar-refractivity contribution in [3.8, 4) is 11.5 Å². The Labute approximate surface area is 120 Å². The van der Waals surface area contributed by atoms with E-state index in [1.807, 2.05) is 0 Å². The zero-order valence-corrected chi connectivity index (χ0v) is 11.8. The number of halogens is 2. The molecule has 0 heterocycles. The molecule has 7 heteroatoms. The summed E-state index contributed by atoms with van der Waals surface area (Å²) in [5.41, 5.74) is 0.0878. The average molecular weight is 314 g/mol. The summed E-state index contributed by atoms with van der Waals surface area (Å²) >= 11 is 0. The van der Waals surface area contributed by atoms with Gasteiger partial charge in [-0.15, -0.1) is 0 Å². The van der Waals surface area contributed by atoms with Crippen LogP contribution in [0, 0.1) is 11.6 Å². The number of aliphatic hydroxyl groups excluding tert-OH is 1. The van der Waals surface area contributed by atoms with Crippen LogP contribution in [-0.4, -0.2) is 19.8 Å². The van der Waals surface area contributed by atoms with Gasteiger partial charge in [0.25, 0.3) is 0 Å². The van der Waals surface area contributed by atoms with E-state index in [9.17, 15) is 17.2 Å². The van der Waals surface area contributed by atoms with E-state index in [-0.39, 0.29) is 16.2 Å². The molecule has 0 fully saturated rings. The summed E-state index contributed by atoms with van der Waals surface area (Å²) in [6.45, 7) is -0.489. The maximum Gasteiger partial charge on any atom is 0.198 e. The summed E-state index contributed by atoms with van der Waals surface area (Å²) in [6, 6.07) is 7.09. The van der Waals surface area contributed by atoms with Crippen LogP contribution in [0.1, 0.15) is 5.56 Å². The van der Waals surface area contributed by atoms with E-state index in [4.69, 9.17) is 9.84 Å². The number of rotatable bonds is 4. The molecule has 0 aliphatic heterocycles. The lowest BCUT2D eigenvalue weighted by Gasteiger charge is -2.09. The first-order valence-corrected chi connectivity index (χ1v) is 7.77. The van der Waals surface area contributed by atoms with Gasteiger partial charge in [0.15, 0.2) is 27.2 Å². The molecule has 21 heavy (non-hydrogen) atoms. The Hall–Kier alpha value is -1.99. The molecule has 0 aliphatic rings. The maximum absolute atomic E-state index is 13.7. The summed E-state index contributed by atoms with van der Waals surface area (Å²) in [4.78, 5) is 0.0754. The van der Waals surface area contributed by atoms with Crippen molar-refractivity contribution in [1.29, 1.82) is 0 Å². The summed E-state index contributed by atoms with van der Waals surface area (Å²) in [5, 5.41) is 8.84. The fourth-order valence-corrected chi connectivity index (χ4v) is 2.30. The molecule has 0 spiro atoms. The minimum Gasteiger partial charge on any atom is -0.451 e. The van der Waals surface area contributed by atoms with Crippen molar-refractivity contribution in [2.24, 2.45) is 0 Å². The second-order valence-electron chi connectivity index (χ2n) is 4.39. The number of aliphatic hydroxyl groups is 1. The third-order valence-electron chi connectivity index (χ3n) is 2.71. The smallest absolute Gasteiger partial charge is 0.198 e. The normalized spacial score (nSPS) is 11.4. The Balaban J connectivity index is 2.31. The number of sulfone groups is 1. The molecule has 2 aromatic rings. The van der Waals surface area contributed by atoms with Gasteiger partial charge in [-0.1, -0.05) is 0 Å². The molecule has 1 N–H and O–H groups in total. The molecule has 0 unspecified atom stereocenters. The van der Waals surface area contributed by atoms with E-state index in [0.717, 1.165) is 18.4 Å². The molecule has 0 radical (unpaired) electrons. The highest BCUT2D eigenvalue weighted by Crippen LogP contribution is 2.29. The molecule has 0 amide bonds. The molecule has 0 atom stereocenters. The fraction of sp³-hybridized carbons (Fsp3) is 0.143. The van der Waals surface area contributed by atoms with Gasteiger partial charge in [-0.2, -0.15) is 0 Å². The van der Waals surface area contributed by atoms with Crippen molar-refractivity contribution in [2.45, 2.75) is 11.5 Å². The van der Waals surface area contributed by atoms with Crippen LogP contribution in [0.3, 0.4) is 0 Å². The van der Waals surface area contributed by atoms with Crippen LogP contribution < -0.4 is 4.74 Å². The van der Waals surface area contributed by atoms with Gasteiger partial charge in [-0.05, 0) is 42.0 Å². The topological polar surface area (TPSA) is 63.6 Å². The van der Waals surface area contributed by atoms with Crippen LogP contribution in [0.25, 0.3) is 0 Å². The van der Waals surface area contributed by atoms with Gasteiger partial charge in [0, 0.05) is 6.26 Å². The number of ether oxygens (including phenoxy) is 1. The lowest BCUT2D eigenvalue weighted by Crippen LogP contribution is -1.98. The van der Waals surface area contributed by atoms with E-state index in [1.54, 1.807) is 0 Å². The molecule has 0 bridgehead atoms. The minimum absolute atomic E-state index is 0.0754. The van der Waals surface area contributed by atoms with Crippen molar-refractivity contribution in [2.75, 3.05) is 6.26 Å². The number of benzene rings is 2. The van der Waals surface area contributed by atoms with E-state index >= 15 is 0 Å². The van der Waals surface area contributed by atoms with Gasteiger partial charge in [0.1, 0.15) is 5.75 Å². The van der Waals surface area contributed by atoms with Gasteiger partial charge in [-0.3, -0.25) is 0 Å². The second-order valence-corrected chi connectivity index (χ2v) is 6.41. The van der Waals surface area contributed by atoms with Gasteiger partial charge in [0.2, 0.25) is 0 Å². The second kappa shape index (κ2) is 5.79. The lowest BCUT2D eigenvalue weighted by atomic mass is 10.2. The van der Waals surface area contributed by atoms with Gasteiger partial charge in [0.05, 0.1) is 11.5 Å². The lowest BCUT2D eigenvalue weighted by molar-refractivity contribution is 0.279. The molecule has 0 aromatic heterocycles.